The van der Waals surface area contributed by atoms with Gasteiger partial charge in [0.15, 0.2) is 0 Å². The zero-order valence-corrected chi connectivity index (χ0v) is 6.98. The third-order valence-corrected chi connectivity index (χ3v) is 2.23. The standard InChI is InChI=1S/C8H18N2/c1-3-9-8-5-4-6-10-7(8)2/h7-10H,3-6H2,1-2H3/t7-,8-/m1/s1. The van der Waals surface area contributed by atoms with Crippen LogP contribution in [-0.4, -0.2) is 25.2 Å². The number of likely N-dealkylation sites (N-methyl/N-ethyl adjacent to an activating group) is 1. The van der Waals surface area contributed by atoms with Crippen molar-refractivity contribution in [2.75, 3.05) is 13.1 Å². The fraction of sp³-hybridized carbons (Fsp3) is 1.00. The summed E-state index contributed by atoms with van der Waals surface area (Å²) in [7, 11) is 0. The molecular weight excluding hydrogens is 124 g/mol. The van der Waals surface area contributed by atoms with Crippen LogP contribution in [0.4, 0.5) is 0 Å². The van der Waals surface area contributed by atoms with Gasteiger partial charge in [0.1, 0.15) is 0 Å². The molecule has 1 heterocycles. The molecule has 2 nitrogen and oxygen atoms in total. The van der Waals surface area contributed by atoms with Gasteiger partial charge in [0.05, 0.1) is 0 Å². The molecule has 1 aliphatic heterocycles. The lowest BCUT2D eigenvalue weighted by Crippen LogP contribution is -2.50. The summed E-state index contributed by atoms with van der Waals surface area (Å²) in [5.41, 5.74) is 0. The molecule has 60 valence electrons. The van der Waals surface area contributed by atoms with Gasteiger partial charge >= 0.3 is 0 Å². The van der Waals surface area contributed by atoms with Crippen molar-refractivity contribution in [2.45, 2.75) is 38.8 Å². The first kappa shape index (κ1) is 8.02. The average Bonchev–Trinajstić information content (AvgIpc) is 1.94. The summed E-state index contributed by atoms with van der Waals surface area (Å²) >= 11 is 0. The fourth-order valence-corrected chi connectivity index (χ4v) is 1.58. The van der Waals surface area contributed by atoms with Crippen LogP contribution in [0, 0.1) is 0 Å². The van der Waals surface area contributed by atoms with Gasteiger partial charge in [-0.1, -0.05) is 6.92 Å². The van der Waals surface area contributed by atoms with E-state index in [0.717, 1.165) is 6.54 Å². The van der Waals surface area contributed by atoms with Crippen molar-refractivity contribution >= 4 is 0 Å². The molecule has 1 fully saturated rings. The number of rotatable bonds is 2. The summed E-state index contributed by atoms with van der Waals surface area (Å²) in [6, 6.07) is 1.37. The maximum absolute atomic E-state index is 3.47. The first-order chi connectivity index (χ1) is 4.84. The molecule has 2 heteroatoms. The summed E-state index contributed by atoms with van der Waals surface area (Å²) in [6.45, 7) is 6.72. The Morgan fingerprint density at radius 2 is 2.40 bits per heavy atom. The predicted molar refractivity (Wildman–Crippen MR) is 44.2 cm³/mol. The maximum Gasteiger partial charge on any atom is 0.0218 e. The Kier molecular flexibility index (Phi) is 3.16. The van der Waals surface area contributed by atoms with Crippen LogP contribution in [0.15, 0.2) is 0 Å². The monoisotopic (exact) mass is 142 g/mol. The van der Waals surface area contributed by atoms with Gasteiger partial charge in [0.2, 0.25) is 0 Å². The zero-order valence-electron chi connectivity index (χ0n) is 6.98. The molecule has 0 radical (unpaired) electrons. The molecule has 0 saturated carbocycles. The first-order valence-electron chi connectivity index (χ1n) is 4.31. The Labute approximate surface area is 63.4 Å². The molecule has 0 aromatic heterocycles. The summed E-state index contributed by atoms with van der Waals surface area (Å²) < 4.78 is 0. The van der Waals surface area contributed by atoms with E-state index in [1.807, 2.05) is 0 Å². The van der Waals surface area contributed by atoms with Gasteiger partial charge in [-0.3, -0.25) is 0 Å². The Balaban J connectivity index is 2.25. The van der Waals surface area contributed by atoms with Gasteiger partial charge in [-0.05, 0) is 32.9 Å². The summed E-state index contributed by atoms with van der Waals surface area (Å²) in [5.74, 6) is 0. The largest absolute Gasteiger partial charge is 0.313 e. The van der Waals surface area contributed by atoms with E-state index in [1.165, 1.54) is 19.4 Å². The van der Waals surface area contributed by atoms with Crippen molar-refractivity contribution in [3.63, 3.8) is 0 Å². The van der Waals surface area contributed by atoms with E-state index in [2.05, 4.69) is 24.5 Å². The summed E-state index contributed by atoms with van der Waals surface area (Å²) in [4.78, 5) is 0. The minimum absolute atomic E-state index is 0.661. The van der Waals surface area contributed by atoms with E-state index >= 15 is 0 Å². The molecule has 1 rings (SSSR count). The predicted octanol–water partition coefficient (Wildman–Crippen LogP) is 0.736. The van der Waals surface area contributed by atoms with Gasteiger partial charge in [-0.25, -0.2) is 0 Å². The molecule has 0 unspecified atom stereocenters. The molecule has 1 saturated heterocycles. The van der Waals surface area contributed by atoms with Crippen molar-refractivity contribution in [1.29, 1.82) is 0 Å². The average molecular weight is 142 g/mol. The van der Waals surface area contributed by atoms with E-state index in [4.69, 9.17) is 0 Å². The van der Waals surface area contributed by atoms with Crippen LogP contribution in [0.1, 0.15) is 26.7 Å². The van der Waals surface area contributed by atoms with Crippen molar-refractivity contribution < 1.29 is 0 Å². The van der Waals surface area contributed by atoms with E-state index in [1.54, 1.807) is 0 Å². The normalized spacial score (nSPS) is 34.2. The van der Waals surface area contributed by atoms with Crippen LogP contribution in [0.25, 0.3) is 0 Å². The smallest absolute Gasteiger partial charge is 0.0218 e. The second-order valence-corrected chi connectivity index (χ2v) is 3.05. The molecular formula is C8H18N2. The van der Waals surface area contributed by atoms with Crippen LogP contribution in [0.2, 0.25) is 0 Å². The van der Waals surface area contributed by atoms with Crippen LogP contribution >= 0.6 is 0 Å². The highest BCUT2D eigenvalue weighted by Gasteiger charge is 2.18. The number of nitrogens with one attached hydrogen (secondary N) is 2. The van der Waals surface area contributed by atoms with Crippen molar-refractivity contribution in [3.05, 3.63) is 0 Å². The van der Waals surface area contributed by atoms with Gasteiger partial charge in [0, 0.05) is 12.1 Å². The number of piperidine rings is 1. The second kappa shape index (κ2) is 3.94. The number of hydrogen-bond acceptors (Lipinski definition) is 2. The topological polar surface area (TPSA) is 24.1 Å². The minimum atomic E-state index is 0.661. The summed E-state index contributed by atoms with van der Waals surface area (Å²) in [6.07, 6.45) is 2.66. The highest BCUT2D eigenvalue weighted by atomic mass is 15.0. The van der Waals surface area contributed by atoms with Crippen molar-refractivity contribution in [2.24, 2.45) is 0 Å². The lowest BCUT2D eigenvalue weighted by molar-refractivity contribution is 0.322. The zero-order chi connectivity index (χ0) is 7.40. The van der Waals surface area contributed by atoms with Gasteiger partial charge in [-0.15, -0.1) is 0 Å². The van der Waals surface area contributed by atoms with Crippen LogP contribution in [0.3, 0.4) is 0 Å². The second-order valence-electron chi connectivity index (χ2n) is 3.05. The van der Waals surface area contributed by atoms with E-state index < -0.39 is 0 Å². The third-order valence-electron chi connectivity index (χ3n) is 2.23. The molecule has 0 aliphatic carbocycles. The molecule has 0 aromatic carbocycles. The SMILES string of the molecule is CCN[C@@H]1CCCN[C@@H]1C. The molecule has 0 spiro atoms. The van der Waals surface area contributed by atoms with E-state index in [0.29, 0.717) is 12.1 Å². The van der Waals surface area contributed by atoms with Crippen LogP contribution < -0.4 is 10.6 Å². The Hall–Kier alpha value is -0.0800. The molecule has 0 bridgehead atoms. The molecule has 2 N–H and O–H groups in total. The molecule has 2 atom stereocenters. The van der Waals surface area contributed by atoms with Gasteiger partial charge < -0.3 is 10.6 Å². The molecule has 0 amide bonds. The Bertz CT molecular complexity index is 91.3. The van der Waals surface area contributed by atoms with Gasteiger partial charge in [-0.2, -0.15) is 0 Å². The quantitative estimate of drug-likeness (QED) is 0.594. The first-order valence-corrected chi connectivity index (χ1v) is 4.31. The van der Waals surface area contributed by atoms with E-state index in [9.17, 15) is 0 Å². The molecule has 1 aliphatic rings. The van der Waals surface area contributed by atoms with E-state index in [-0.39, 0.29) is 0 Å². The highest BCUT2D eigenvalue weighted by molar-refractivity contribution is 4.82. The Morgan fingerprint density at radius 1 is 1.60 bits per heavy atom. The third kappa shape index (κ3) is 1.96. The van der Waals surface area contributed by atoms with Crippen LogP contribution in [-0.2, 0) is 0 Å². The maximum atomic E-state index is 3.47. The molecule has 10 heavy (non-hydrogen) atoms. The van der Waals surface area contributed by atoms with Crippen molar-refractivity contribution in [1.82, 2.24) is 10.6 Å². The van der Waals surface area contributed by atoms with Crippen LogP contribution in [0.5, 0.6) is 0 Å². The lowest BCUT2D eigenvalue weighted by atomic mass is 10.0. The van der Waals surface area contributed by atoms with Crippen molar-refractivity contribution in [3.8, 4) is 0 Å². The van der Waals surface area contributed by atoms with Gasteiger partial charge in [0.25, 0.3) is 0 Å². The summed E-state index contributed by atoms with van der Waals surface area (Å²) in [5, 5.41) is 6.93. The molecule has 0 aromatic rings. The number of hydrogen-bond donors (Lipinski definition) is 2. The Morgan fingerprint density at radius 3 is 3.00 bits per heavy atom. The lowest BCUT2D eigenvalue weighted by Gasteiger charge is -2.30. The fourth-order valence-electron chi connectivity index (χ4n) is 1.58. The minimum Gasteiger partial charge on any atom is -0.313 e. The highest BCUT2D eigenvalue weighted by Crippen LogP contribution is 2.07.